The highest BCUT2D eigenvalue weighted by molar-refractivity contribution is 5.32. The quantitative estimate of drug-likeness (QED) is 0.807. The predicted octanol–water partition coefficient (Wildman–Crippen LogP) is 2.63. The first-order valence-electron chi connectivity index (χ1n) is 5.63. The van der Waals surface area contributed by atoms with Crippen LogP contribution in [-0.2, 0) is 0 Å². The number of hydrogen-bond acceptors (Lipinski definition) is 3. The third-order valence-electron chi connectivity index (χ3n) is 2.86. The van der Waals surface area contributed by atoms with Crippen LogP contribution in [0.25, 0.3) is 0 Å². The van der Waals surface area contributed by atoms with Crippen molar-refractivity contribution in [3.8, 4) is 11.5 Å². The van der Waals surface area contributed by atoms with Crippen molar-refractivity contribution in [3.63, 3.8) is 0 Å². The molecule has 90 valence electrons. The molecule has 0 aliphatic rings. The van der Waals surface area contributed by atoms with Crippen LogP contribution in [0, 0.1) is 0 Å². The highest BCUT2D eigenvalue weighted by atomic mass is 16.5. The van der Waals surface area contributed by atoms with E-state index in [-0.39, 0.29) is 0 Å². The van der Waals surface area contributed by atoms with Gasteiger partial charge in [-0.3, -0.25) is 0 Å². The molecule has 0 unspecified atom stereocenters. The Kier molecular flexibility index (Phi) is 4.62. The zero-order valence-corrected chi connectivity index (χ0v) is 10.2. The normalized spacial score (nSPS) is 11.2. The predicted molar refractivity (Wildman–Crippen MR) is 64.0 cm³/mol. The fourth-order valence-electron chi connectivity index (χ4n) is 1.36. The topological polar surface area (TPSA) is 38.7 Å². The molecule has 3 nitrogen and oxygen atoms in total. The number of rotatable bonds is 6. The summed E-state index contributed by atoms with van der Waals surface area (Å²) in [4.78, 5) is 0. The highest BCUT2D eigenvalue weighted by Gasteiger charge is 2.22. The molecule has 0 saturated carbocycles. The average molecular weight is 224 g/mol. The van der Waals surface area contributed by atoms with Crippen molar-refractivity contribution >= 4 is 0 Å². The molecular weight excluding hydrogens is 204 g/mol. The Labute approximate surface area is 97.0 Å². The van der Waals surface area contributed by atoms with Gasteiger partial charge in [-0.05, 0) is 25.0 Å². The molecule has 0 atom stereocenters. The summed E-state index contributed by atoms with van der Waals surface area (Å²) in [6, 6.07) is 7.39. The number of methoxy groups -OCH3 is 1. The van der Waals surface area contributed by atoms with Gasteiger partial charge in [0.25, 0.3) is 0 Å². The zero-order chi connectivity index (χ0) is 12.0. The second-order valence-corrected chi connectivity index (χ2v) is 3.90. The van der Waals surface area contributed by atoms with Crippen molar-refractivity contribution in [1.29, 1.82) is 0 Å². The molecule has 1 aromatic carbocycles. The second kappa shape index (κ2) is 5.75. The van der Waals surface area contributed by atoms with Gasteiger partial charge in [-0.2, -0.15) is 0 Å². The molecule has 1 N–H and O–H groups in total. The Morgan fingerprint density at radius 2 is 1.81 bits per heavy atom. The van der Waals surface area contributed by atoms with Crippen molar-refractivity contribution < 1.29 is 14.6 Å². The van der Waals surface area contributed by atoms with Crippen molar-refractivity contribution in [1.82, 2.24) is 0 Å². The smallest absolute Gasteiger partial charge is 0.123 e. The molecule has 0 aliphatic heterocycles. The van der Waals surface area contributed by atoms with Crippen molar-refractivity contribution in [2.24, 2.45) is 0 Å². The summed E-state index contributed by atoms with van der Waals surface area (Å²) in [6.07, 6.45) is 1.38. The first-order chi connectivity index (χ1) is 7.63. The van der Waals surface area contributed by atoms with Crippen LogP contribution in [0.2, 0.25) is 0 Å². The van der Waals surface area contributed by atoms with Crippen LogP contribution in [-0.4, -0.2) is 24.4 Å². The van der Waals surface area contributed by atoms with E-state index in [1.54, 1.807) is 7.11 Å². The summed E-state index contributed by atoms with van der Waals surface area (Å²) in [5, 5.41) is 10.1. The maximum absolute atomic E-state index is 10.1. The largest absolute Gasteiger partial charge is 0.497 e. The SMILES string of the molecule is CCC(O)(CC)COc1cccc(OC)c1. The Balaban J connectivity index is 2.60. The van der Waals surface area contributed by atoms with Crippen LogP contribution < -0.4 is 9.47 Å². The fourth-order valence-corrected chi connectivity index (χ4v) is 1.36. The molecule has 0 fully saturated rings. The lowest BCUT2D eigenvalue weighted by molar-refractivity contribution is -0.0114. The van der Waals surface area contributed by atoms with Gasteiger partial charge in [-0.25, -0.2) is 0 Å². The van der Waals surface area contributed by atoms with E-state index in [9.17, 15) is 5.11 Å². The van der Waals surface area contributed by atoms with E-state index in [1.807, 2.05) is 38.1 Å². The fraction of sp³-hybridized carbons (Fsp3) is 0.538. The Morgan fingerprint density at radius 1 is 1.19 bits per heavy atom. The highest BCUT2D eigenvalue weighted by Crippen LogP contribution is 2.21. The van der Waals surface area contributed by atoms with Gasteiger partial charge in [0.05, 0.1) is 12.7 Å². The van der Waals surface area contributed by atoms with E-state index in [2.05, 4.69) is 0 Å². The van der Waals surface area contributed by atoms with Crippen molar-refractivity contribution in [3.05, 3.63) is 24.3 Å². The molecule has 0 aromatic heterocycles. The van der Waals surface area contributed by atoms with Crippen molar-refractivity contribution in [2.75, 3.05) is 13.7 Å². The molecule has 0 amide bonds. The molecule has 1 rings (SSSR count). The van der Waals surface area contributed by atoms with E-state index in [4.69, 9.17) is 9.47 Å². The molecule has 0 radical (unpaired) electrons. The Bertz CT molecular complexity index is 319. The van der Waals surface area contributed by atoms with E-state index < -0.39 is 5.60 Å². The van der Waals surface area contributed by atoms with Gasteiger partial charge in [-0.1, -0.05) is 19.9 Å². The maximum Gasteiger partial charge on any atom is 0.123 e. The minimum absolute atomic E-state index is 0.313. The third kappa shape index (κ3) is 3.42. The number of ether oxygens (including phenoxy) is 2. The van der Waals surface area contributed by atoms with Crippen LogP contribution in [0.3, 0.4) is 0 Å². The lowest BCUT2D eigenvalue weighted by Gasteiger charge is -2.25. The molecule has 0 aliphatic carbocycles. The van der Waals surface area contributed by atoms with Gasteiger partial charge in [0.2, 0.25) is 0 Å². The van der Waals surface area contributed by atoms with E-state index in [1.165, 1.54) is 0 Å². The monoisotopic (exact) mass is 224 g/mol. The summed E-state index contributed by atoms with van der Waals surface area (Å²) in [6.45, 7) is 4.23. The van der Waals surface area contributed by atoms with E-state index >= 15 is 0 Å². The zero-order valence-electron chi connectivity index (χ0n) is 10.2. The molecular formula is C13H20O3. The maximum atomic E-state index is 10.1. The minimum atomic E-state index is -0.733. The van der Waals surface area contributed by atoms with Gasteiger partial charge in [0.15, 0.2) is 0 Å². The molecule has 16 heavy (non-hydrogen) atoms. The summed E-state index contributed by atoms with van der Waals surface area (Å²) < 4.78 is 10.7. The first kappa shape index (κ1) is 12.8. The number of aliphatic hydroxyl groups is 1. The van der Waals surface area contributed by atoms with Gasteiger partial charge in [0, 0.05) is 6.07 Å². The molecule has 1 aromatic rings. The van der Waals surface area contributed by atoms with Gasteiger partial charge < -0.3 is 14.6 Å². The Morgan fingerprint density at radius 3 is 2.38 bits per heavy atom. The van der Waals surface area contributed by atoms with E-state index in [0.717, 1.165) is 11.5 Å². The average Bonchev–Trinajstić information content (AvgIpc) is 2.36. The van der Waals surface area contributed by atoms with Crippen LogP contribution in [0.1, 0.15) is 26.7 Å². The summed E-state index contributed by atoms with van der Waals surface area (Å²) >= 11 is 0. The van der Waals surface area contributed by atoms with Crippen molar-refractivity contribution in [2.45, 2.75) is 32.3 Å². The van der Waals surface area contributed by atoms with Crippen LogP contribution in [0.15, 0.2) is 24.3 Å². The molecule has 0 spiro atoms. The van der Waals surface area contributed by atoms with Gasteiger partial charge in [0.1, 0.15) is 18.1 Å². The van der Waals surface area contributed by atoms with Gasteiger partial charge in [-0.15, -0.1) is 0 Å². The third-order valence-corrected chi connectivity index (χ3v) is 2.86. The molecule has 0 heterocycles. The van der Waals surface area contributed by atoms with Crippen LogP contribution in [0.5, 0.6) is 11.5 Å². The lowest BCUT2D eigenvalue weighted by atomic mass is 9.99. The molecule has 0 saturated heterocycles. The summed E-state index contributed by atoms with van der Waals surface area (Å²) in [7, 11) is 1.62. The standard InChI is InChI=1S/C13H20O3/c1-4-13(14,5-2)10-16-12-8-6-7-11(9-12)15-3/h6-9,14H,4-5,10H2,1-3H3. The summed E-state index contributed by atoms with van der Waals surface area (Å²) in [5.74, 6) is 1.48. The molecule has 0 bridgehead atoms. The summed E-state index contributed by atoms with van der Waals surface area (Å²) in [5.41, 5.74) is -0.733. The Hall–Kier alpha value is -1.22. The number of benzene rings is 1. The first-order valence-corrected chi connectivity index (χ1v) is 5.63. The van der Waals surface area contributed by atoms with E-state index in [0.29, 0.717) is 19.4 Å². The lowest BCUT2D eigenvalue weighted by Crippen LogP contribution is -2.34. The minimum Gasteiger partial charge on any atom is -0.497 e. The van der Waals surface area contributed by atoms with Gasteiger partial charge >= 0.3 is 0 Å². The second-order valence-electron chi connectivity index (χ2n) is 3.90. The molecule has 3 heteroatoms. The van der Waals surface area contributed by atoms with Crippen LogP contribution in [0.4, 0.5) is 0 Å². The number of hydrogen-bond donors (Lipinski definition) is 1. The van der Waals surface area contributed by atoms with Crippen LogP contribution >= 0.6 is 0 Å².